The Labute approximate surface area is 324 Å². The topological polar surface area (TPSA) is 30.7 Å². The van der Waals surface area contributed by atoms with Gasteiger partial charge in [-0.2, -0.15) is 0 Å². The average Bonchev–Trinajstić information content (AvgIpc) is 3.93. The van der Waals surface area contributed by atoms with E-state index in [4.69, 9.17) is 9.97 Å². The molecule has 0 bridgehead atoms. The molecule has 0 fully saturated rings. The van der Waals surface area contributed by atoms with Crippen molar-refractivity contribution in [3.8, 4) is 39.5 Å². The van der Waals surface area contributed by atoms with E-state index in [9.17, 15) is 0 Å². The number of hydrogen-bond donors (Lipinski definition) is 0. The molecular weight excluding hydrogens is 707 g/mol. The Balaban J connectivity index is 1.09. The van der Waals surface area contributed by atoms with E-state index < -0.39 is 0 Å². The molecule has 0 aliphatic carbocycles. The lowest BCUT2D eigenvalue weighted by Gasteiger charge is -2.10. The van der Waals surface area contributed by atoms with Gasteiger partial charge < -0.3 is 4.57 Å². The summed E-state index contributed by atoms with van der Waals surface area (Å²) in [6.45, 7) is 0. The van der Waals surface area contributed by atoms with Crippen LogP contribution in [0, 0.1) is 0 Å². The van der Waals surface area contributed by atoms with Gasteiger partial charge in [-0.1, -0.05) is 127 Å². The summed E-state index contributed by atoms with van der Waals surface area (Å²) in [5.41, 5.74) is 10.2. The summed E-state index contributed by atoms with van der Waals surface area (Å²) in [6.07, 6.45) is 0. The molecule has 0 N–H and O–H groups in total. The van der Waals surface area contributed by atoms with Gasteiger partial charge in [0, 0.05) is 57.8 Å². The Morgan fingerprint density at radius 2 is 1.09 bits per heavy atom. The van der Waals surface area contributed by atoms with Crippen LogP contribution in [0.4, 0.5) is 0 Å². The van der Waals surface area contributed by atoms with Gasteiger partial charge in [0.2, 0.25) is 0 Å². The lowest BCUT2D eigenvalue weighted by Crippen LogP contribution is -1.94. The minimum Gasteiger partial charge on any atom is -0.309 e. The van der Waals surface area contributed by atoms with Gasteiger partial charge in [0.1, 0.15) is 0 Å². The maximum absolute atomic E-state index is 5.41. The largest absolute Gasteiger partial charge is 0.309 e. The van der Waals surface area contributed by atoms with Crippen LogP contribution in [0.5, 0.6) is 0 Å². The number of hydrogen-bond acceptors (Lipinski definition) is 4. The second-order valence-corrected chi connectivity index (χ2v) is 16.2. The molecule has 55 heavy (non-hydrogen) atoms. The van der Waals surface area contributed by atoms with Crippen molar-refractivity contribution in [1.29, 1.82) is 0 Å². The standard InChI is InChI=1S/C50H29N3S2/c1-3-13-30(14-4-1)46-49-47(38-20-10-12-22-43(38)54-49)52-50(51-46)40-28-33-15-7-8-18-35(33)45-37-25-23-32(29-44(37)55-48(40)45)31-24-26-42-39(27-31)36-19-9-11-21-41(36)53(42)34-16-5-2-6-17-34/h1-29H. The molecule has 0 aliphatic rings. The molecule has 12 rings (SSSR count). The van der Waals surface area contributed by atoms with Crippen molar-refractivity contribution in [2.24, 2.45) is 0 Å². The third-order valence-electron chi connectivity index (χ3n) is 11.0. The highest BCUT2D eigenvalue weighted by Gasteiger charge is 2.21. The van der Waals surface area contributed by atoms with Crippen LogP contribution in [0.2, 0.25) is 0 Å². The van der Waals surface area contributed by atoms with Crippen LogP contribution in [-0.2, 0) is 0 Å². The van der Waals surface area contributed by atoms with E-state index in [1.165, 1.54) is 79.7 Å². The summed E-state index contributed by atoms with van der Waals surface area (Å²) in [7, 11) is 0. The van der Waals surface area contributed by atoms with Crippen molar-refractivity contribution in [2.45, 2.75) is 0 Å². The second-order valence-electron chi connectivity index (χ2n) is 14.1. The number of rotatable bonds is 4. The van der Waals surface area contributed by atoms with E-state index in [1.54, 1.807) is 11.3 Å². The molecule has 0 saturated carbocycles. The third kappa shape index (κ3) is 4.67. The number of nitrogens with zero attached hydrogens (tertiary/aromatic N) is 3. The molecule has 0 atom stereocenters. The van der Waals surface area contributed by atoms with Crippen LogP contribution in [-0.4, -0.2) is 14.5 Å². The zero-order valence-corrected chi connectivity index (χ0v) is 31.0. The van der Waals surface area contributed by atoms with Crippen molar-refractivity contribution in [2.75, 3.05) is 0 Å². The fraction of sp³-hybridized carbons (Fsp3) is 0. The molecule has 0 radical (unpaired) electrons. The molecule has 5 heteroatoms. The smallest absolute Gasteiger partial charge is 0.162 e. The van der Waals surface area contributed by atoms with E-state index in [2.05, 4.69) is 180 Å². The van der Waals surface area contributed by atoms with Crippen LogP contribution in [0.1, 0.15) is 0 Å². The minimum atomic E-state index is 0.762. The second kappa shape index (κ2) is 11.9. The van der Waals surface area contributed by atoms with Crippen LogP contribution in [0.3, 0.4) is 0 Å². The van der Waals surface area contributed by atoms with Gasteiger partial charge in [-0.3, -0.25) is 0 Å². The highest BCUT2D eigenvalue weighted by molar-refractivity contribution is 7.27. The first kappa shape index (κ1) is 30.8. The van der Waals surface area contributed by atoms with Crippen LogP contribution in [0.15, 0.2) is 176 Å². The first-order valence-corrected chi connectivity index (χ1v) is 20.1. The minimum absolute atomic E-state index is 0.762. The van der Waals surface area contributed by atoms with Crippen LogP contribution in [0.25, 0.3) is 113 Å². The lowest BCUT2D eigenvalue weighted by atomic mass is 9.98. The highest BCUT2D eigenvalue weighted by atomic mass is 32.1. The predicted molar refractivity (Wildman–Crippen MR) is 236 cm³/mol. The molecule has 0 amide bonds. The van der Waals surface area contributed by atoms with E-state index >= 15 is 0 Å². The monoisotopic (exact) mass is 735 g/mol. The first-order valence-electron chi connectivity index (χ1n) is 18.5. The SMILES string of the molecule is c1ccc(-c2nc(-c3cc4ccccc4c4c3sc3cc(-c5ccc6c(c5)c5ccccc5n6-c5ccccc5)ccc34)nc3c2sc2ccccc23)cc1. The Hall–Kier alpha value is -6.66. The number of aromatic nitrogens is 3. The fourth-order valence-corrected chi connectivity index (χ4v) is 10.9. The Morgan fingerprint density at radius 3 is 1.96 bits per heavy atom. The lowest BCUT2D eigenvalue weighted by molar-refractivity contribution is 1.18. The summed E-state index contributed by atoms with van der Waals surface area (Å²) in [5, 5.41) is 8.65. The number of benzene rings is 8. The van der Waals surface area contributed by atoms with E-state index in [0.29, 0.717) is 0 Å². The molecule has 0 spiro atoms. The van der Waals surface area contributed by atoms with Gasteiger partial charge in [-0.25, -0.2) is 9.97 Å². The van der Waals surface area contributed by atoms with Crippen LogP contribution < -0.4 is 0 Å². The molecule has 4 heterocycles. The quantitative estimate of drug-likeness (QED) is 0.180. The molecule has 0 unspecified atom stereocenters. The van der Waals surface area contributed by atoms with Gasteiger partial charge in [-0.05, 0) is 70.4 Å². The normalized spacial score (nSPS) is 12.0. The molecule has 4 aromatic heterocycles. The zero-order valence-electron chi connectivity index (χ0n) is 29.4. The number of fused-ring (bicyclic) bond motifs is 11. The summed E-state index contributed by atoms with van der Waals surface area (Å²) in [5.74, 6) is 0.762. The first-order chi connectivity index (χ1) is 27.3. The van der Waals surface area contributed by atoms with Crippen molar-refractivity contribution in [3.05, 3.63) is 176 Å². The summed E-state index contributed by atoms with van der Waals surface area (Å²) >= 11 is 3.62. The molecule has 12 aromatic rings. The molecule has 3 nitrogen and oxygen atoms in total. The summed E-state index contributed by atoms with van der Waals surface area (Å²) < 4.78 is 7.19. The Bertz CT molecular complexity index is 3480. The molecule has 0 saturated heterocycles. The van der Waals surface area contributed by atoms with Gasteiger partial charge >= 0.3 is 0 Å². The Kier molecular flexibility index (Phi) is 6.67. The predicted octanol–water partition coefficient (Wildman–Crippen LogP) is 14.5. The summed E-state index contributed by atoms with van der Waals surface area (Å²) in [4.78, 5) is 10.8. The maximum atomic E-state index is 5.41. The third-order valence-corrected chi connectivity index (χ3v) is 13.3. The van der Waals surface area contributed by atoms with Crippen molar-refractivity contribution in [1.82, 2.24) is 14.5 Å². The van der Waals surface area contributed by atoms with E-state index in [1.807, 2.05) is 11.3 Å². The van der Waals surface area contributed by atoms with Gasteiger partial charge in [0.25, 0.3) is 0 Å². The van der Waals surface area contributed by atoms with E-state index in [0.717, 1.165) is 32.9 Å². The zero-order chi connectivity index (χ0) is 36.0. The van der Waals surface area contributed by atoms with Gasteiger partial charge in [0.05, 0.1) is 26.9 Å². The van der Waals surface area contributed by atoms with Crippen molar-refractivity contribution < 1.29 is 0 Å². The average molecular weight is 736 g/mol. The maximum Gasteiger partial charge on any atom is 0.162 e. The number of thiophene rings is 2. The summed E-state index contributed by atoms with van der Waals surface area (Å²) in [6, 6.07) is 63.5. The number of para-hydroxylation sites is 2. The Morgan fingerprint density at radius 1 is 0.418 bits per heavy atom. The fourth-order valence-electron chi connectivity index (χ4n) is 8.48. The van der Waals surface area contributed by atoms with E-state index in [-0.39, 0.29) is 0 Å². The molecule has 8 aromatic carbocycles. The molecular formula is C50H29N3S2. The molecule has 256 valence electrons. The highest BCUT2D eigenvalue weighted by Crippen LogP contribution is 2.47. The van der Waals surface area contributed by atoms with Crippen molar-refractivity contribution in [3.63, 3.8) is 0 Å². The molecule has 0 aliphatic heterocycles. The van der Waals surface area contributed by atoms with Gasteiger partial charge in [0.15, 0.2) is 5.82 Å². The van der Waals surface area contributed by atoms with Crippen molar-refractivity contribution >= 4 is 95.7 Å². The van der Waals surface area contributed by atoms with Crippen LogP contribution >= 0.6 is 22.7 Å². The van der Waals surface area contributed by atoms with Gasteiger partial charge in [-0.15, -0.1) is 22.7 Å².